The Morgan fingerprint density at radius 2 is 1.61 bits per heavy atom. The third-order valence-electron chi connectivity index (χ3n) is 5.91. The molecule has 7 heteroatoms. The smallest absolute Gasteiger partial charge is 0.251 e. The molecule has 33 heavy (non-hydrogen) atoms. The number of amides is 3. The van der Waals surface area contributed by atoms with Crippen LogP contribution in [0.1, 0.15) is 42.6 Å². The lowest BCUT2D eigenvalue weighted by Crippen LogP contribution is -2.54. The van der Waals surface area contributed by atoms with E-state index in [2.05, 4.69) is 20.9 Å². The summed E-state index contributed by atoms with van der Waals surface area (Å²) in [5.41, 5.74) is 2.41. The summed E-state index contributed by atoms with van der Waals surface area (Å²) in [6.07, 6.45) is 1.53. The van der Waals surface area contributed by atoms with Gasteiger partial charge >= 0.3 is 0 Å². The maximum absolute atomic E-state index is 12.9. The predicted octanol–water partition coefficient (Wildman–Crippen LogP) is 2.97. The van der Waals surface area contributed by atoms with Gasteiger partial charge in [0.15, 0.2) is 0 Å². The standard InChI is InChI=1S/C26H34N4O3/c1-18(2)24(29-25(32)20-11-9-19(3)10-12-20)26(33)28-22-13-15-30(16-14-22)17-23(31)27-21-7-5-4-6-8-21/h4-12,18,22,24H,13-17H2,1-3H3,(H,27,31)(H,28,33)(H,29,32). The second-order valence-electron chi connectivity index (χ2n) is 9.03. The van der Waals surface area contributed by atoms with E-state index in [4.69, 9.17) is 0 Å². The molecule has 1 heterocycles. The number of rotatable bonds is 8. The largest absolute Gasteiger partial charge is 0.351 e. The Kier molecular flexibility index (Phi) is 8.60. The quantitative estimate of drug-likeness (QED) is 0.577. The van der Waals surface area contributed by atoms with Crippen molar-refractivity contribution < 1.29 is 14.4 Å². The molecule has 7 nitrogen and oxygen atoms in total. The zero-order valence-corrected chi connectivity index (χ0v) is 19.6. The van der Waals surface area contributed by atoms with Gasteiger partial charge in [-0.25, -0.2) is 0 Å². The topological polar surface area (TPSA) is 90.5 Å². The van der Waals surface area contributed by atoms with E-state index < -0.39 is 6.04 Å². The Morgan fingerprint density at radius 1 is 0.970 bits per heavy atom. The normalized spacial score (nSPS) is 15.6. The molecule has 2 aromatic carbocycles. The highest BCUT2D eigenvalue weighted by Gasteiger charge is 2.28. The molecule has 2 aromatic rings. The first kappa shape index (κ1) is 24.5. The number of anilines is 1. The third-order valence-corrected chi connectivity index (χ3v) is 5.91. The highest BCUT2D eigenvalue weighted by Crippen LogP contribution is 2.13. The molecule has 1 aliphatic rings. The summed E-state index contributed by atoms with van der Waals surface area (Å²) in [7, 11) is 0. The molecular formula is C26H34N4O3. The molecule has 0 spiro atoms. The van der Waals surface area contributed by atoms with E-state index in [0.29, 0.717) is 12.1 Å². The average molecular weight is 451 g/mol. The molecule has 1 aliphatic heterocycles. The van der Waals surface area contributed by atoms with Crippen LogP contribution < -0.4 is 16.0 Å². The lowest BCUT2D eigenvalue weighted by Gasteiger charge is -2.33. The Labute approximate surface area is 195 Å². The maximum Gasteiger partial charge on any atom is 0.251 e. The Balaban J connectivity index is 1.45. The maximum atomic E-state index is 12.9. The van der Waals surface area contributed by atoms with Gasteiger partial charge in [-0.15, -0.1) is 0 Å². The number of benzene rings is 2. The van der Waals surface area contributed by atoms with Crippen molar-refractivity contribution in [1.82, 2.24) is 15.5 Å². The molecule has 1 unspecified atom stereocenters. The van der Waals surface area contributed by atoms with Crippen LogP contribution in [0.5, 0.6) is 0 Å². The van der Waals surface area contributed by atoms with Crippen molar-refractivity contribution in [2.45, 2.75) is 45.7 Å². The fourth-order valence-electron chi connectivity index (χ4n) is 3.92. The van der Waals surface area contributed by atoms with Gasteiger partial charge in [0.1, 0.15) is 6.04 Å². The first-order chi connectivity index (χ1) is 15.8. The molecule has 3 N–H and O–H groups in total. The first-order valence-corrected chi connectivity index (χ1v) is 11.6. The van der Waals surface area contributed by atoms with Gasteiger partial charge in [-0.1, -0.05) is 49.7 Å². The van der Waals surface area contributed by atoms with Crippen LogP contribution in [0.15, 0.2) is 54.6 Å². The van der Waals surface area contributed by atoms with Crippen LogP contribution in [0.2, 0.25) is 0 Å². The van der Waals surface area contributed by atoms with Crippen LogP contribution in [0.3, 0.4) is 0 Å². The molecule has 1 fully saturated rings. The molecule has 1 atom stereocenters. The zero-order chi connectivity index (χ0) is 23.8. The Bertz CT molecular complexity index is 936. The average Bonchev–Trinajstić information content (AvgIpc) is 2.79. The summed E-state index contributed by atoms with van der Waals surface area (Å²) in [5, 5.41) is 8.89. The van der Waals surface area contributed by atoms with Crippen LogP contribution >= 0.6 is 0 Å². The summed E-state index contributed by atoms with van der Waals surface area (Å²) in [6.45, 7) is 7.61. The first-order valence-electron chi connectivity index (χ1n) is 11.6. The molecule has 3 rings (SSSR count). The number of hydrogen-bond acceptors (Lipinski definition) is 4. The number of carbonyl (C=O) groups excluding carboxylic acids is 3. The van der Waals surface area contributed by atoms with Gasteiger partial charge in [0.2, 0.25) is 11.8 Å². The summed E-state index contributed by atoms with van der Waals surface area (Å²) in [5.74, 6) is -0.489. The van der Waals surface area contributed by atoms with Gasteiger partial charge < -0.3 is 16.0 Å². The summed E-state index contributed by atoms with van der Waals surface area (Å²) >= 11 is 0. The SMILES string of the molecule is Cc1ccc(C(=O)NC(C(=O)NC2CCN(CC(=O)Nc3ccccc3)CC2)C(C)C)cc1. The van der Waals surface area contributed by atoms with Gasteiger partial charge in [0, 0.05) is 30.4 Å². The Hall–Kier alpha value is -3.19. The van der Waals surface area contributed by atoms with E-state index in [1.165, 1.54) is 0 Å². The fraction of sp³-hybridized carbons (Fsp3) is 0.423. The second kappa shape index (κ2) is 11.6. The van der Waals surface area contributed by atoms with Crippen molar-refractivity contribution >= 4 is 23.4 Å². The van der Waals surface area contributed by atoms with Gasteiger partial charge in [0.25, 0.3) is 5.91 Å². The summed E-state index contributed by atoms with van der Waals surface area (Å²) in [4.78, 5) is 39.9. The summed E-state index contributed by atoms with van der Waals surface area (Å²) < 4.78 is 0. The van der Waals surface area contributed by atoms with Crippen LogP contribution in [0.4, 0.5) is 5.69 Å². The molecule has 0 saturated carbocycles. The number of piperidine rings is 1. The van der Waals surface area contributed by atoms with Gasteiger partial charge in [-0.2, -0.15) is 0 Å². The monoisotopic (exact) mass is 450 g/mol. The molecule has 1 saturated heterocycles. The van der Waals surface area contributed by atoms with Gasteiger partial charge in [-0.05, 0) is 49.9 Å². The van der Waals surface area contributed by atoms with E-state index in [1.807, 2.05) is 63.2 Å². The molecule has 0 bridgehead atoms. The minimum atomic E-state index is -0.603. The van der Waals surface area contributed by atoms with Gasteiger partial charge in [-0.3, -0.25) is 19.3 Å². The van der Waals surface area contributed by atoms with Crippen molar-refractivity contribution in [2.24, 2.45) is 5.92 Å². The number of carbonyl (C=O) groups is 3. The van der Waals surface area contributed by atoms with E-state index in [9.17, 15) is 14.4 Å². The minimum Gasteiger partial charge on any atom is -0.351 e. The van der Waals surface area contributed by atoms with E-state index in [-0.39, 0.29) is 29.7 Å². The van der Waals surface area contributed by atoms with Crippen LogP contribution in [-0.4, -0.2) is 54.3 Å². The third kappa shape index (κ3) is 7.43. The molecule has 0 radical (unpaired) electrons. The minimum absolute atomic E-state index is 0.0310. The molecule has 0 aromatic heterocycles. The molecule has 176 valence electrons. The van der Waals surface area contributed by atoms with E-state index in [1.54, 1.807) is 12.1 Å². The number of likely N-dealkylation sites (tertiary alicyclic amines) is 1. The molecule has 0 aliphatic carbocycles. The summed E-state index contributed by atoms with van der Waals surface area (Å²) in [6, 6.07) is 16.1. The highest BCUT2D eigenvalue weighted by atomic mass is 16.2. The van der Waals surface area contributed by atoms with Crippen molar-refractivity contribution in [3.05, 3.63) is 65.7 Å². The number of nitrogens with zero attached hydrogens (tertiary/aromatic N) is 1. The number of hydrogen-bond donors (Lipinski definition) is 3. The van der Waals surface area contributed by atoms with Crippen LogP contribution in [-0.2, 0) is 9.59 Å². The van der Waals surface area contributed by atoms with Crippen molar-refractivity contribution in [3.8, 4) is 0 Å². The van der Waals surface area contributed by atoms with Gasteiger partial charge in [0.05, 0.1) is 6.54 Å². The zero-order valence-electron chi connectivity index (χ0n) is 19.6. The van der Waals surface area contributed by atoms with Crippen LogP contribution in [0, 0.1) is 12.8 Å². The predicted molar refractivity (Wildman–Crippen MR) is 130 cm³/mol. The van der Waals surface area contributed by atoms with E-state index in [0.717, 1.165) is 37.2 Å². The number of para-hydroxylation sites is 1. The highest BCUT2D eigenvalue weighted by molar-refractivity contribution is 5.97. The van der Waals surface area contributed by atoms with Crippen molar-refractivity contribution in [1.29, 1.82) is 0 Å². The lowest BCUT2D eigenvalue weighted by atomic mass is 10.00. The molecule has 3 amide bonds. The number of nitrogens with one attached hydrogen (secondary N) is 3. The lowest BCUT2D eigenvalue weighted by molar-refractivity contribution is -0.125. The molecular weight excluding hydrogens is 416 g/mol. The number of aryl methyl sites for hydroxylation is 1. The second-order valence-corrected chi connectivity index (χ2v) is 9.03. The van der Waals surface area contributed by atoms with Crippen molar-refractivity contribution in [3.63, 3.8) is 0 Å². The van der Waals surface area contributed by atoms with E-state index >= 15 is 0 Å². The fourth-order valence-corrected chi connectivity index (χ4v) is 3.92. The Morgan fingerprint density at radius 3 is 2.21 bits per heavy atom. The van der Waals surface area contributed by atoms with Crippen LogP contribution in [0.25, 0.3) is 0 Å². The van der Waals surface area contributed by atoms with Crippen molar-refractivity contribution in [2.75, 3.05) is 25.0 Å².